The van der Waals surface area contributed by atoms with Crippen molar-refractivity contribution in [3.8, 4) is 11.8 Å². The van der Waals surface area contributed by atoms with Crippen LogP contribution in [0.4, 0.5) is 15.9 Å². The number of hydrogen-bond acceptors (Lipinski definition) is 6. The van der Waals surface area contributed by atoms with E-state index in [2.05, 4.69) is 15.1 Å². The molecular weight excluding hydrogens is 435 g/mol. The first kappa shape index (κ1) is 22.8. The van der Waals surface area contributed by atoms with Gasteiger partial charge >= 0.3 is 0 Å². The fraction of sp³-hybridized carbons (Fsp3) is 0.190. The van der Waals surface area contributed by atoms with Crippen molar-refractivity contribution in [2.45, 2.75) is 12.8 Å². The van der Waals surface area contributed by atoms with Crippen LogP contribution in [0.3, 0.4) is 0 Å². The van der Waals surface area contributed by atoms with Gasteiger partial charge in [0.2, 0.25) is 10.0 Å². The highest BCUT2D eigenvalue weighted by Crippen LogP contribution is 2.22. The van der Waals surface area contributed by atoms with Gasteiger partial charge in [-0.1, -0.05) is 12.1 Å². The van der Waals surface area contributed by atoms with Crippen molar-refractivity contribution in [2.24, 2.45) is 0 Å². The number of carbonyl (C=O) groups is 1. The molecule has 0 bridgehead atoms. The molecule has 0 aliphatic heterocycles. The average Bonchev–Trinajstić information content (AvgIpc) is 3.06. The van der Waals surface area contributed by atoms with Gasteiger partial charge in [-0.3, -0.25) is 9.52 Å². The van der Waals surface area contributed by atoms with Gasteiger partial charge in [0, 0.05) is 6.54 Å². The number of nitrogens with zero attached hydrogens (tertiary/aromatic N) is 3. The Morgan fingerprint density at radius 3 is 2.56 bits per heavy atom. The van der Waals surface area contributed by atoms with Crippen LogP contribution in [0.25, 0.3) is 5.69 Å². The van der Waals surface area contributed by atoms with Gasteiger partial charge in [-0.15, -0.1) is 0 Å². The Morgan fingerprint density at radius 1 is 1.22 bits per heavy atom. The molecule has 0 aliphatic carbocycles. The van der Waals surface area contributed by atoms with Gasteiger partial charge in [-0.25, -0.2) is 17.5 Å². The number of aromatic nitrogens is 2. The van der Waals surface area contributed by atoms with E-state index in [-0.39, 0.29) is 29.2 Å². The summed E-state index contributed by atoms with van der Waals surface area (Å²) in [6.07, 6.45) is 1.83. The van der Waals surface area contributed by atoms with Crippen LogP contribution >= 0.6 is 0 Å². The zero-order valence-electron chi connectivity index (χ0n) is 17.2. The van der Waals surface area contributed by atoms with Gasteiger partial charge in [0.1, 0.15) is 23.3 Å². The molecule has 0 saturated heterocycles. The third-order valence-electron chi connectivity index (χ3n) is 4.52. The van der Waals surface area contributed by atoms with Crippen molar-refractivity contribution in [2.75, 3.05) is 23.3 Å². The molecule has 2 aromatic carbocycles. The summed E-state index contributed by atoms with van der Waals surface area (Å²) in [4.78, 5) is 12.5. The predicted molar refractivity (Wildman–Crippen MR) is 118 cm³/mol. The lowest BCUT2D eigenvalue weighted by atomic mass is 10.1. The number of sulfonamides is 1. The van der Waals surface area contributed by atoms with E-state index in [9.17, 15) is 22.9 Å². The normalized spacial score (nSPS) is 11.0. The SMILES string of the molecule is CS(=O)(=O)Nc1ccccc1C(=O)NCCCc1nn(-c2ccc(F)cc2)c(N)c1C#N. The number of nitrogens with one attached hydrogen (secondary N) is 2. The number of nitriles is 1. The molecule has 1 aromatic heterocycles. The van der Waals surface area contributed by atoms with Crippen LogP contribution < -0.4 is 15.8 Å². The van der Waals surface area contributed by atoms with E-state index in [0.717, 1.165) is 6.26 Å². The summed E-state index contributed by atoms with van der Waals surface area (Å²) < 4.78 is 39.9. The minimum Gasteiger partial charge on any atom is -0.382 e. The number of rotatable bonds is 8. The number of benzene rings is 2. The van der Waals surface area contributed by atoms with Gasteiger partial charge < -0.3 is 11.1 Å². The molecule has 0 radical (unpaired) electrons. The lowest BCUT2D eigenvalue weighted by Crippen LogP contribution is -2.26. The number of hydrogen-bond donors (Lipinski definition) is 3. The van der Waals surface area contributed by atoms with Crippen molar-refractivity contribution < 1.29 is 17.6 Å². The van der Waals surface area contributed by atoms with Crippen LogP contribution in [0.5, 0.6) is 0 Å². The highest BCUT2D eigenvalue weighted by molar-refractivity contribution is 7.92. The summed E-state index contributed by atoms with van der Waals surface area (Å²) in [5.74, 6) is -0.684. The topological polar surface area (TPSA) is 143 Å². The molecule has 0 atom stereocenters. The molecule has 11 heteroatoms. The Labute approximate surface area is 184 Å². The first-order valence-corrected chi connectivity index (χ1v) is 11.5. The van der Waals surface area contributed by atoms with E-state index in [1.54, 1.807) is 12.1 Å². The molecule has 166 valence electrons. The molecule has 3 rings (SSSR count). The van der Waals surface area contributed by atoms with E-state index in [0.29, 0.717) is 24.2 Å². The molecule has 0 saturated carbocycles. The first-order valence-electron chi connectivity index (χ1n) is 9.58. The minimum absolute atomic E-state index is 0.152. The van der Waals surface area contributed by atoms with Gasteiger partial charge in [0.05, 0.1) is 28.9 Å². The monoisotopic (exact) mass is 456 g/mol. The molecule has 1 amide bonds. The second-order valence-corrected chi connectivity index (χ2v) is 8.73. The van der Waals surface area contributed by atoms with Crippen molar-refractivity contribution >= 4 is 27.4 Å². The Morgan fingerprint density at radius 2 is 1.91 bits per heavy atom. The zero-order valence-corrected chi connectivity index (χ0v) is 18.0. The van der Waals surface area contributed by atoms with E-state index in [1.165, 1.54) is 41.1 Å². The van der Waals surface area contributed by atoms with E-state index < -0.39 is 21.7 Å². The molecule has 0 aliphatic rings. The van der Waals surface area contributed by atoms with Crippen LogP contribution in [-0.2, 0) is 16.4 Å². The second kappa shape index (κ2) is 9.49. The van der Waals surface area contributed by atoms with E-state index >= 15 is 0 Å². The number of amides is 1. The highest BCUT2D eigenvalue weighted by atomic mass is 32.2. The maximum absolute atomic E-state index is 13.2. The molecule has 3 aromatic rings. The number of nitrogen functional groups attached to an aromatic ring is 1. The van der Waals surface area contributed by atoms with E-state index in [4.69, 9.17) is 5.73 Å². The number of carbonyl (C=O) groups excluding carboxylic acids is 1. The molecule has 1 heterocycles. The van der Waals surface area contributed by atoms with Gasteiger partial charge in [0.15, 0.2) is 0 Å². The second-order valence-electron chi connectivity index (χ2n) is 6.99. The predicted octanol–water partition coefficient (Wildman–Crippen LogP) is 2.20. The molecule has 4 N–H and O–H groups in total. The summed E-state index contributed by atoms with van der Waals surface area (Å²) >= 11 is 0. The number of halogens is 1. The van der Waals surface area contributed by atoms with E-state index in [1.807, 2.05) is 6.07 Å². The average molecular weight is 457 g/mol. The lowest BCUT2D eigenvalue weighted by molar-refractivity contribution is 0.0954. The molecule has 0 spiro atoms. The standard InChI is InChI=1S/C21H21FN6O3S/c1-32(30,31)27-19-6-3-2-5-16(19)21(29)25-12-4-7-18-17(13-23)20(24)28(26-18)15-10-8-14(22)9-11-15/h2-3,5-6,8-11,27H,4,7,12,24H2,1H3,(H,25,29). The number of nitrogens with two attached hydrogens (primary N) is 1. The van der Waals surface area contributed by atoms with Gasteiger partial charge in [0.25, 0.3) is 5.91 Å². The summed E-state index contributed by atoms with van der Waals surface area (Å²) in [7, 11) is -3.53. The molecule has 9 nitrogen and oxygen atoms in total. The Hall–Kier alpha value is -3.91. The van der Waals surface area contributed by atoms with Crippen LogP contribution in [-0.4, -0.2) is 36.9 Å². The van der Waals surface area contributed by atoms with Crippen LogP contribution in [0, 0.1) is 17.1 Å². The Bertz CT molecular complexity index is 1280. The fourth-order valence-corrected chi connectivity index (χ4v) is 3.65. The molecular formula is C21H21FN6O3S. The zero-order chi connectivity index (χ0) is 23.3. The first-order chi connectivity index (χ1) is 15.2. The number of para-hydroxylation sites is 1. The Kier molecular flexibility index (Phi) is 6.75. The minimum atomic E-state index is -3.53. The third kappa shape index (κ3) is 5.41. The molecule has 32 heavy (non-hydrogen) atoms. The lowest BCUT2D eigenvalue weighted by Gasteiger charge is -2.10. The number of aryl methyl sites for hydroxylation is 1. The summed E-state index contributed by atoms with van der Waals surface area (Å²) in [5, 5.41) is 16.5. The summed E-state index contributed by atoms with van der Waals surface area (Å²) in [6.45, 7) is 0.264. The van der Waals surface area contributed by atoms with Crippen molar-refractivity contribution in [1.82, 2.24) is 15.1 Å². The van der Waals surface area contributed by atoms with Crippen molar-refractivity contribution in [1.29, 1.82) is 5.26 Å². The maximum Gasteiger partial charge on any atom is 0.253 e. The largest absolute Gasteiger partial charge is 0.382 e. The summed E-state index contributed by atoms with van der Waals surface area (Å²) in [6, 6.07) is 13.9. The molecule has 0 unspecified atom stereocenters. The smallest absolute Gasteiger partial charge is 0.253 e. The van der Waals surface area contributed by atoms with Crippen LogP contribution in [0.2, 0.25) is 0 Å². The number of anilines is 2. The Balaban J connectivity index is 1.65. The highest BCUT2D eigenvalue weighted by Gasteiger charge is 2.17. The quantitative estimate of drug-likeness (QED) is 0.444. The third-order valence-corrected chi connectivity index (χ3v) is 5.11. The summed E-state index contributed by atoms with van der Waals surface area (Å²) in [5.41, 5.74) is 7.63. The molecule has 0 fully saturated rings. The van der Waals surface area contributed by atoms with Crippen LogP contribution in [0.15, 0.2) is 48.5 Å². The van der Waals surface area contributed by atoms with Crippen molar-refractivity contribution in [3.63, 3.8) is 0 Å². The van der Waals surface area contributed by atoms with Crippen LogP contribution in [0.1, 0.15) is 28.0 Å². The van der Waals surface area contributed by atoms with Crippen molar-refractivity contribution in [3.05, 3.63) is 71.2 Å². The van der Waals surface area contributed by atoms with Gasteiger partial charge in [-0.05, 0) is 49.2 Å². The fourth-order valence-electron chi connectivity index (χ4n) is 3.08. The maximum atomic E-state index is 13.2. The van der Waals surface area contributed by atoms with Gasteiger partial charge in [-0.2, -0.15) is 10.4 Å².